The standard InChI is InChI=1S/C77H149NO10/c1-3-5-7-9-11-13-15-41-45-49-53-57-61-65-73(82)86-66-62-58-54-50-46-43-40-38-36-34-32-30-28-26-24-22-20-18-16-17-19-21-23-25-27-29-31-33-35-37-39-42-44-48-52-56-60-64-72(81)78-69(68-87-77-76(85)75(84)74(83)71(67-79)88-77)70(80)63-59-55-51-47-14-12-10-8-6-4-2/h59,63,69-71,74-77,79-80,83-85H,3-58,60-62,64-68H2,1-2H3,(H,78,81)/b63-59+. The average molecular weight is 1250 g/mol. The highest BCUT2D eigenvalue weighted by Crippen LogP contribution is 2.24. The van der Waals surface area contributed by atoms with Crippen LogP contribution in [0.25, 0.3) is 0 Å². The molecular formula is C77H149NO10. The molecule has 1 heterocycles. The van der Waals surface area contributed by atoms with Crippen LogP contribution in [0.4, 0.5) is 0 Å². The van der Waals surface area contributed by atoms with Crippen molar-refractivity contribution in [2.24, 2.45) is 0 Å². The van der Waals surface area contributed by atoms with Gasteiger partial charge in [-0.25, -0.2) is 0 Å². The Morgan fingerprint density at radius 3 is 1.06 bits per heavy atom. The van der Waals surface area contributed by atoms with Crippen molar-refractivity contribution in [1.29, 1.82) is 0 Å². The van der Waals surface area contributed by atoms with E-state index in [1.54, 1.807) is 6.08 Å². The van der Waals surface area contributed by atoms with Crippen molar-refractivity contribution in [1.82, 2.24) is 5.32 Å². The third kappa shape index (κ3) is 54.9. The van der Waals surface area contributed by atoms with Crippen LogP contribution in [-0.4, -0.2) is 100 Å². The van der Waals surface area contributed by atoms with E-state index in [0.717, 1.165) is 51.4 Å². The number of hydrogen-bond acceptors (Lipinski definition) is 10. The summed E-state index contributed by atoms with van der Waals surface area (Å²) in [6, 6.07) is -0.804. The number of nitrogens with one attached hydrogen (secondary N) is 1. The first-order valence-electron chi connectivity index (χ1n) is 39.0. The molecule has 0 aliphatic carbocycles. The number of amides is 1. The third-order valence-corrected chi connectivity index (χ3v) is 18.9. The highest BCUT2D eigenvalue weighted by atomic mass is 16.7. The van der Waals surface area contributed by atoms with Crippen molar-refractivity contribution in [2.75, 3.05) is 19.8 Å². The molecule has 0 aromatic rings. The van der Waals surface area contributed by atoms with Gasteiger partial charge in [0.1, 0.15) is 24.4 Å². The predicted molar refractivity (Wildman–Crippen MR) is 371 cm³/mol. The number of esters is 1. The van der Waals surface area contributed by atoms with Crippen LogP contribution in [0.2, 0.25) is 0 Å². The van der Waals surface area contributed by atoms with E-state index in [1.165, 1.54) is 327 Å². The first-order valence-corrected chi connectivity index (χ1v) is 39.0. The summed E-state index contributed by atoms with van der Waals surface area (Å²) >= 11 is 0. The smallest absolute Gasteiger partial charge is 0.305 e. The second-order valence-electron chi connectivity index (χ2n) is 27.4. The van der Waals surface area contributed by atoms with Gasteiger partial charge in [0.15, 0.2) is 6.29 Å². The number of carbonyl (C=O) groups excluding carboxylic acids is 2. The SMILES string of the molecule is CCCCCCCCCC/C=C/C(O)C(COC1OC(CO)C(O)C(O)C1O)NC(=O)CCCCCCCCCCCCCCCCCCCCCCCCCCCCCCCCCCCCCCCOC(=O)CCCCCCCCCCCCCCC. The summed E-state index contributed by atoms with van der Waals surface area (Å²) in [6.45, 7) is 4.38. The number of hydrogen-bond donors (Lipinski definition) is 6. The first kappa shape index (κ1) is 84.4. The summed E-state index contributed by atoms with van der Waals surface area (Å²) in [4.78, 5) is 25.1. The zero-order valence-electron chi connectivity index (χ0n) is 58.2. The first-order chi connectivity index (χ1) is 43.2. The quantitative estimate of drug-likeness (QED) is 0.0195. The number of carbonyl (C=O) groups is 2. The zero-order valence-corrected chi connectivity index (χ0v) is 58.2. The molecule has 6 N–H and O–H groups in total. The van der Waals surface area contributed by atoms with Gasteiger partial charge in [0.2, 0.25) is 5.91 Å². The van der Waals surface area contributed by atoms with Gasteiger partial charge >= 0.3 is 5.97 Å². The topological polar surface area (TPSA) is 175 Å². The summed E-state index contributed by atoms with van der Waals surface area (Å²) in [5, 5.41) is 54.4. The van der Waals surface area contributed by atoms with Crippen LogP contribution >= 0.6 is 0 Å². The van der Waals surface area contributed by atoms with Gasteiger partial charge in [-0.3, -0.25) is 9.59 Å². The van der Waals surface area contributed by atoms with Crippen molar-refractivity contribution >= 4 is 11.9 Å². The van der Waals surface area contributed by atoms with E-state index in [9.17, 15) is 35.1 Å². The van der Waals surface area contributed by atoms with Crippen LogP contribution in [0, 0.1) is 0 Å². The fourth-order valence-corrected chi connectivity index (χ4v) is 12.8. The molecule has 1 fully saturated rings. The van der Waals surface area contributed by atoms with Crippen LogP contribution in [0.5, 0.6) is 0 Å². The van der Waals surface area contributed by atoms with E-state index < -0.39 is 49.5 Å². The molecule has 7 unspecified atom stereocenters. The van der Waals surface area contributed by atoms with Gasteiger partial charge in [0.25, 0.3) is 0 Å². The van der Waals surface area contributed by atoms with Crippen LogP contribution in [0.15, 0.2) is 12.2 Å². The molecule has 1 aliphatic rings. The lowest BCUT2D eigenvalue weighted by Gasteiger charge is -2.40. The van der Waals surface area contributed by atoms with Gasteiger partial charge < -0.3 is 45.1 Å². The van der Waals surface area contributed by atoms with Gasteiger partial charge in [0.05, 0.1) is 32.0 Å². The Labute approximate surface area is 544 Å². The lowest BCUT2D eigenvalue weighted by atomic mass is 9.99. The van der Waals surface area contributed by atoms with E-state index in [0.29, 0.717) is 19.4 Å². The second kappa shape index (κ2) is 66.8. The molecule has 0 radical (unpaired) electrons. The molecule has 0 bridgehead atoms. The fourth-order valence-electron chi connectivity index (χ4n) is 12.8. The minimum Gasteiger partial charge on any atom is -0.466 e. The van der Waals surface area contributed by atoms with Crippen molar-refractivity contribution in [3.63, 3.8) is 0 Å². The van der Waals surface area contributed by atoms with Crippen LogP contribution in [0.1, 0.15) is 406 Å². The predicted octanol–water partition coefficient (Wildman–Crippen LogP) is 20.6. The number of allylic oxidation sites excluding steroid dienone is 1. The minimum absolute atomic E-state index is 0.0197. The molecule has 11 heteroatoms. The van der Waals surface area contributed by atoms with Crippen LogP contribution in [-0.2, 0) is 23.8 Å². The van der Waals surface area contributed by atoms with Gasteiger partial charge in [-0.1, -0.05) is 373 Å². The van der Waals surface area contributed by atoms with Gasteiger partial charge in [-0.2, -0.15) is 0 Å². The molecule has 0 aromatic heterocycles. The maximum absolute atomic E-state index is 13.0. The number of aliphatic hydroxyl groups is 5. The van der Waals surface area contributed by atoms with Gasteiger partial charge in [-0.15, -0.1) is 0 Å². The summed E-state index contributed by atoms with van der Waals surface area (Å²) in [5.41, 5.74) is 0. The number of ether oxygens (including phenoxy) is 3. The Kier molecular flexibility index (Phi) is 64.1. The maximum Gasteiger partial charge on any atom is 0.305 e. The zero-order chi connectivity index (χ0) is 63.7. The molecule has 0 spiro atoms. The lowest BCUT2D eigenvalue weighted by Crippen LogP contribution is -2.60. The monoisotopic (exact) mass is 1250 g/mol. The second-order valence-corrected chi connectivity index (χ2v) is 27.4. The summed E-state index contributed by atoms with van der Waals surface area (Å²) in [5.74, 6) is -0.155. The molecular weight excluding hydrogens is 1100 g/mol. The van der Waals surface area contributed by atoms with Crippen molar-refractivity contribution in [2.45, 2.75) is 448 Å². The maximum atomic E-state index is 13.0. The van der Waals surface area contributed by atoms with Gasteiger partial charge in [-0.05, 0) is 32.1 Å². The minimum atomic E-state index is -1.57. The molecule has 0 aromatic carbocycles. The van der Waals surface area contributed by atoms with E-state index in [2.05, 4.69) is 19.2 Å². The molecule has 7 atom stereocenters. The number of aliphatic hydroxyl groups excluding tert-OH is 5. The van der Waals surface area contributed by atoms with E-state index in [-0.39, 0.29) is 18.5 Å². The average Bonchev–Trinajstić information content (AvgIpc) is 3.03. The molecule has 0 saturated carbocycles. The number of rotatable bonds is 70. The number of unbranched alkanes of at least 4 members (excludes halogenated alkanes) is 56. The van der Waals surface area contributed by atoms with Crippen LogP contribution < -0.4 is 5.32 Å². The van der Waals surface area contributed by atoms with E-state index in [1.807, 2.05) is 6.08 Å². The molecule has 1 saturated heterocycles. The molecule has 1 aliphatic heterocycles. The Bertz CT molecular complexity index is 1460. The Morgan fingerprint density at radius 1 is 0.409 bits per heavy atom. The third-order valence-electron chi connectivity index (χ3n) is 18.9. The molecule has 522 valence electrons. The Morgan fingerprint density at radius 2 is 0.716 bits per heavy atom. The van der Waals surface area contributed by atoms with Crippen LogP contribution in [0.3, 0.4) is 0 Å². The molecule has 11 nitrogen and oxygen atoms in total. The lowest BCUT2D eigenvalue weighted by molar-refractivity contribution is -0.302. The molecule has 1 amide bonds. The normalized spacial score (nSPS) is 17.7. The summed E-state index contributed by atoms with van der Waals surface area (Å²) in [7, 11) is 0. The molecule has 1 rings (SSSR count). The van der Waals surface area contributed by atoms with Gasteiger partial charge in [0, 0.05) is 12.8 Å². The largest absolute Gasteiger partial charge is 0.466 e. The molecule has 88 heavy (non-hydrogen) atoms. The highest BCUT2D eigenvalue weighted by Gasteiger charge is 2.44. The van der Waals surface area contributed by atoms with E-state index in [4.69, 9.17) is 14.2 Å². The highest BCUT2D eigenvalue weighted by molar-refractivity contribution is 5.76. The van der Waals surface area contributed by atoms with Crippen molar-refractivity contribution < 1.29 is 49.3 Å². The Balaban J connectivity index is 1.85. The Hall–Kier alpha value is -1.60. The summed E-state index contributed by atoms with van der Waals surface area (Å²) in [6.07, 6.45) is 74.0. The fraction of sp³-hybridized carbons (Fsp3) is 0.948. The van der Waals surface area contributed by atoms with E-state index >= 15 is 0 Å². The van der Waals surface area contributed by atoms with Crippen molar-refractivity contribution in [3.8, 4) is 0 Å². The summed E-state index contributed by atoms with van der Waals surface area (Å²) < 4.78 is 16.7. The van der Waals surface area contributed by atoms with Crippen molar-refractivity contribution in [3.05, 3.63) is 12.2 Å².